The van der Waals surface area contributed by atoms with Crippen molar-refractivity contribution in [1.82, 2.24) is 20.1 Å². The van der Waals surface area contributed by atoms with E-state index in [1.165, 1.54) is 16.8 Å². The molecule has 20 heavy (non-hydrogen) atoms. The Morgan fingerprint density at radius 1 is 1.20 bits per heavy atom. The zero-order valence-corrected chi connectivity index (χ0v) is 12.8. The lowest BCUT2D eigenvalue weighted by Gasteiger charge is -2.09. The highest BCUT2D eigenvalue weighted by atomic mass is 15.3. The van der Waals surface area contributed by atoms with Crippen LogP contribution in [0.5, 0.6) is 0 Å². The molecule has 0 atom stereocenters. The van der Waals surface area contributed by atoms with Crippen LogP contribution in [-0.4, -0.2) is 20.8 Å². The van der Waals surface area contributed by atoms with Crippen molar-refractivity contribution in [2.75, 3.05) is 0 Å². The molecular weight excluding hydrogens is 248 g/mol. The van der Waals surface area contributed by atoms with Gasteiger partial charge in [-0.15, -0.1) is 0 Å². The summed E-state index contributed by atoms with van der Waals surface area (Å²) >= 11 is 0. The Bertz CT molecular complexity index is 543. The predicted octanol–water partition coefficient (Wildman–Crippen LogP) is 2.64. The Kier molecular flexibility index (Phi) is 4.90. The van der Waals surface area contributed by atoms with Crippen molar-refractivity contribution in [3.63, 3.8) is 0 Å². The molecule has 0 radical (unpaired) electrons. The van der Waals surface area contributed by atoms with Crippen molar-refractivity contribution in [1.29, 1.82) is 0 Å². The topological polar surface area (TPSA) is 42.7 Å². The van der Waals surface area contributed by atoms with Crippen LogP contribution in [0.1, 0.15) is 36.4 Å². The van der Waals surface area contributed by atoms with Crippen LogP contribution in [0.4, 0.5) is 0 Å². The van der Waals surface area contributed by atoms with Gasteiger partial charge in [0.15, 0.2) is 0 Å². The molecule has 108 valence electrons. The first-order valence-corrected chi connectivity index (χ1v) is 7.23. The second-order valence-corrected chi connectivity index (χ2v) is 5.51. The highest BCUT2D eigenvalue weighted by Crippen LogP contribution is 2.14. The summed E-state index contributed by atoms with van der Waals surface area (Å²) in [5, 5.41) is 8.13. The number of aryl methyl sites for hydroxylation is 3. The zero-order chi connectivity index (χ0) is 14.5. The molecule has 0 unspecified atom stereocenters. The fourth-order valence-corrected chi connectivity index (χ4v) is 2.30. The fourth-order valence-electron chi connectivity index (χ4n) is 2.30. The van der Waals surface area contributed by atoms with Gasteiger partial charge in [-0.3, -0.25) is 9.67 Å². The maximum Gasteiger partial charge on any atom is 0.0641 e. The molecule has 0 saturated heterocycles. The average Bonchev–Trinajstić information content (AvgIpc) is 2.70. The number of nitrogens with zero attached hydrogens (tertiary/aromatic N) is 3. The highest BCUT2D eigenvalue weighted by molar-refractivity contribution is 5.24. The van der Waals surface area contributed by atoms with E-state index in [0.29, 0.717) is 6.04 Å². The molecule has 0 aliphatic heterocycles. The van der Waals surface area contributed by atoms with Crippen LogP contribution in [-0.2, 0) is 19.5 Å². The maximum absolute atomic E-state index is 4.66. The number of nitrogens with one attached hydrogen (secondary N) is 1. The van der Waals surface area contributed by atoms with Crippen molar-refractivity contribution in [2.45, 2.75) is 53.2 Å². The SMILES string of the molecule is Cc1nn(CCc2ccncc2)c(C)c1CNC(C)C. The first kappa shape index (κ1) is 14.7. The summed E-state index contributed by atoms with van der Waals surface area (Å²) in [4.78, 5) is 4.05. The molecule has 0 bridgehead atoms. The Labute approximate surface area is 121 Å². The minimum atomic E-state index is 0.494. The van der Waals surface area contributed by atoms with Crippen LogP contribution in [0.3, 0.4) is 0 Å². The zero-order valence-electron chi connectivity index (χ0n) is 12.8. The molecule has 1 N–H and O–H groups in total. The number of pyridine rings is 1. The second-order valence-electron chi connectivity index (χ2n) is 5.51. The molecule has 0 aliphatic carbocycles. The molecule has 4 heteroatoms. The van der Waals surface area contributed by atoms with Gasteiger partial charge in [0.05, 0.1) is 5.69 Å². The molecule has 2 heterocycles. The van der Waals surface area contributed by atoms with Gasteiger partial charge in [0.1, 0.15) is 0 Å². The molecule has 2 rings (SSSR count). The largest absolute Gasteiger partial charge is 0.310 e. The minimum Gasteiger partial charge on any atom is -0.310 e. The quantitative estimate of drug-likeness (QED) is 0.879. The summed E-state index contributed by atoms with van der Waals surface area (Å²) in [6, 6.07) is 4.62. The lowest BCUT2D eigenvalue weighted by atomic mass is 10.2. The van der Waals surface area contributed by atoms with Crippen LogP contribution in [0.25, 0.3) is 0 Å². The minimum absolute atomic E-state index is 0.494. The van der Waals surface area contributed by atoms with Gasteiger partial charge in [0.2, 0.25) is 0 Å². The van der Waals surface area contributed by atoms with Crippen LogP contribution in [0, 0.1) is 13.8 Å². The first-order valence-electron chi connectivity index (χ1n) is 7.23. The summed E-state index contributed by atoms with van der Waals surface area (Å²) in [6.07, 6.45) is 4.67. The van der Waals surface area contributed by atoms with Crippen LogP contribution in [0.2, 0.25) is 0 Å². The van der Waals surface area contributed by atoms with E-state index in [1.54, 1.807) is 0 Å². The molecule has 4 nitrogen and oxygen atoms in total. The van der Waals surface area contributed by atoms with Gasteiger partial charge in [-0.1, -0.05) is 13.8 Å². The number of aromatic nitrogens is 3. The van der Waals surface area contributed by atoms with Gasteiger partial charge >= 0.3 is 0 Å². The molecule has 0 amide bonds. The Morgan fingerprint density at radius 2 is 1.90 bits per heavy atom. The van der Waals surface area contributed by atoms with Crippen molar-refractivity contribution < 1.29 is 0 Å². The van der Waals surface area contributed by atoms with Gasteiger partial charge in [-0.2, -0.15) is 5.10 Å². The summed E-state index contributed by atoms with van der Waals surface area (Å²) in [5.74, 6) is 0. The van der Waals surface area contributed by atoms with Gasteiger partial charge in [-0.05, 0) is 38.0 Å². The molecule has 0 aliphatic rings. The predicted molar refractivity (Wildman–Crippen MR) is 81.6 cm³/mol. The fraction of sp³-hybridized carbons (Fsp3) is 0.500. The highest BCUT2D eigenvalue weighted by Gasteiger charge is 2.11. The third-order valence-corrected chi connectivity index (χ3v) is 3.58. The smallest absolute Gasteiger partial charge is 0.0641 e. The number of rotatable bonds is 6. The molecule has 0 aromatic carbocycles. The van der Waals surface area contributed by atoms with E-state index in [4.69, 9.17) is 0 Å². The van der Waals surface area contributed by atoms with Crippen molar-refractivity contribution in [3.05, 3.63) is 47.0 Å². The van der Waals surface area contributed by atoms with Crippen LogP contribution in [0.15, 0.2) is 24.5 Å². The van der Waals surface area contributed by atoms with E-state index < -0.39 is 0 Å². The van der Waals surface area contributed by atoms with Crippen LogP contribution >= 0.6 is 0 Å². The third kappa shape index (κ3) is 3.67. The van der Waals surface area contributed by atoms with E-state index in [0.717, 1.165) is 25.2 Å². The van der Waals surface area contributed by atoms with E-state index in [-0.39, 0.29) is 0 Å². The lowest BCUT2D eigenvalue weighted by molar-refractivity contribution is 0.578. The second kappa shape index (κ2) is 6.66. The normalized spacial score (nSPS) is 11.2. The average molecular weight is 272 g/mol. The Balaban J connectivity index is 2.04. The Morgan fingerprint density at radius 3 is 2.55 bits per heavy atom. The monoisotopic (exact) mass is 272 g/mol. The van der Waals surface area contributed by atoms with Crippen molar-refractivity contribution in [3.8, 4) is 0 Å². The first-order chi connectivity index (χ1) is 9.58. The van der Waals surface area contributed by atoms with Gasteiger partial charge in [0.25, 0.3) is 0 Å². The van der Waals surface area contributed by atoms with Crippen molar-refractivity contribution in [2.24, 2.45) is 0 Å². The van der Waals surface area contributed by atoms with E-state index in [2.05, 4.69) is 59.9 Å². The maximum atomic E-state index is 4.66. The molecule has 2 aromatic heterocycles. The van der Waals surface area contributed by atoms with E-state index >= 15 is 0 Å². The summed E-state index contributed by atoms with van der Waals surface area (Å²) in [7, 11) is 0. The molecular formula is C16H24N4. The van der Waals surface area contributed by atoms with Crippen LogP contribution < -0.4 is 5.32 Å². The van der Waals surface area contributed by atoms with E-state index in [1.807, 2.05) is 12.4 Å². The molecule has 2 aromatic rings. The summed E-state index contributed by atoms with van der Waals surface area (Å²) < 4.78 is 2.12. The Hall–Kier alpha value is -1.68. The third-order valence-electron chi connectivity index (χ3n) is 3.58. The lowest BCUT2D eigenvalue weighted by Crippen LogP contribution is -2.22. The van der Waals surface area contributed by atoms with Crippen molar-refractivity contribution >= 4 is 0 Å². The van der Waals surface area contributed by atoms with Gasteiger partial charge in [-0.25, -0.2) is 0 Å². The number of hydrogen-bond donors (Lipinski definition) is 1. The summed E-state index contributed by atoms with van der Waals surface area (Å²) in [6.45, 7) is 10.4. The van der Waals surface area contributed by atoms with E-state index in [9.17, 15) is 0 Å². The molecule has 0 fully saturated rings. The number of hydrogen-bond acceptors (Lipinski definition) is 3. The standard InChI is InChI=1S/C16H24N4/c1-12(2)18-11-16-13(3)19-20(14(16)4)10-7-15-5-8-17-9-6-15/h5-6,8-9,12,18H,7,10-11H2,1-4H3. The molecule has 0 spiro atoms. The van der Waals surface area contributed by atoms with Gasteiger partial charge < -0.3 is 5.32 Å². The summed E-state index contributed by atoms with van der Waals surface area (Å²) in [5.41, 5.74) is 5.03. The molecule has 0 saturated carbocycles. The van der Waals surface area contributed by atoms with Gasteiger partial charge in [0, 0.05) is 42.8 Å².